The van der Waals surface area contributed by atoms with E-state index in [4.69, 9.17) is 11.6 Å². The number of alkyl halides is 1. The zero-order chi connectivity index (χ0) is 20.6. The fourth-order valence-electron chi connectivity index (χ4n) is 7.37. The molecule has 0 aromatic rings. The van der Waals surface area contributed by atoms with Gasteiger partial charge in [-0.15, -0.1) is 11.6 Å². The van der Waals surface area contributed by atoms with Crippen molar-refractivity contribution in [2.75, 3.05) is 5.88 Å². The average Bonchev–Trinajstić information content (AvgIpc) is 2.83. The lowest BCUT2D eigenvalue weighted by Crippen LogP contribution is -2.64. The van der Waals surface area contributed by atoms with Crippen molar-refractivity contribution < 1.29 is 24.9 Å². The van der Waals surface area contributed by atoms with Crippen LogP contribution in [0.4, 0.5) is 0 Å². The fraction of sp³-hybridized carbons (Fsp3) is 0.727. The fourth-order valence-corrected chi connectivity index (χ4v) is 7.57. The van der Waals surface area contributed by atoms with Gasteiger partial charge >= 0.3 is 0 Å². The summed E-state index contributed by atoms with van der Waals surface area (Å²) in [4.78, 5) is 24.6. The Morgan fingerprint density at radius 2 is 1.96 bits per heavy atom. The Kier molecular flexibility index (Phi) is 4.52. The third-order valence-corrected chi connectivity index (χ3v) is 8.83. The Hall–Kier alpha value is -1.01. The number of carbonyl (C=O) groups is 2. The minimum absolute atomic E-state index is 0.0220. The number of aliphatic hydroxyl groups is 3. The topological polar surface area (TPSA) is 94.8 Å². The zero-order valence-electron chi connectivity index (χ0n) is 16.6. The molecule has 3 unspecified atom stereocenters. The van der Waals surface area contributed by atoms with E-state index >= 15 is 0 Å². The summed E-state index contributed by atoms with van der Waals surface area (Å²) in [5.74, 6) is -1.04. The highest BCUT2D eigenvalue weighted by Crippen LogP contribution is 2.67. The average molecular weight is 409 g/mol. The molecular weight excluding hydrogens is 380 g/mol. The first-order chi connectivity index (χ1) is 13.0. The molecular formula is C22H29ClO5. The molecule has 0 radical (unpaired) electrons. The number of hydrogen-bond donors (Lipinski definition) is 3. The molecule has 0 spiro atoms. The Morgan fingerprint density at radius 3 is 2.61 bits per heavy atom. The van der Waals surface area contributed by atoms with Gasteiger partial charge in [0.2, 0.25) is 0 Å². The van der Waals surface area contributed by atoms with E-state index in [0.717, 1.165) is 12.0 Å². The first-order valence-electron chi connectivity index (χ1n) is 10.1. The molecule has 3 fully saturated rings. The van der Waals surface area contributed by atoms with Crippen LogP contribution in [0.15, 0.2) is 23.8 Å². The molecule has 5 nitrogen and oxygen atoms in total. The minimum atomic E-state index is -1.94. The quantitative estimate of drug-likeness (QED) is 0.607. The summed E-state index contributed by atoms with van der Waals surface area (Å²) < 4.78 is 0. The van der Waals surface area contributed by atoms with E-state index in [1.165, 1.54) is 0 Å². The molecule has 154 valence electrons. The van der Waals surface area contributed by atoms with E-state index in [2.05, 4.69) is 13.8 Å². The number of allylic oxidation sites excluding steroid dienone is 4. The predicted octanol–water partition coefficient (Wildman–Crippen LogP) is 2.02. The maximum absolute atomic E-state index is 12.6. The highest BCUT2D eigenvalue weighted by Gasteiger charge is 2.71. The van der Waals surface area contributed by atoms with Crippen molar-refractivity contribution in [3.8, 4) is 0 Å². The molecule has 3 saturated carbocycles. The number of Topliss-reactive ketones (excluding diaryl/α,β-unsaturated/α-hetero) is 1. The Morgan fingerprint density at radius 1 is 1.29 bits per heavy atom. The van der Waals surface area contributed by atoms with E-state index < -0.39 is 34.4 Å². The van der Waals surface area contributed by atoms with Crippen LogP contribution in [0.2, 0.25) is 0 Å². The summed E-state index contributed by atoms with van der Waals surface area (Å²) in [6.45, 7) is 5.98. The van der Waals surface area contributed by atoms with Crippen LogP contribution in [0.5, 0.6) is 0 Å². The van der Waals surface area contributed by atoms with Crippen molar-refractivity contribution in [2.45, 2.75) is 57.8 Å². The predicted molar refractivity (Wildman–Crippen MR) is 105 cm³/mol. The van der Waals surface area contributed by atoms with Gasteiger partial charge < -0.3 is 15.3 Å². The molecule has 0 aromatic carbocycles. The van der Waals surface area contributed by atoms with E-state index in [1.54, 1.807) is 12.2 Å². The van der Waals surface area contributed by atoms with Crippen LogP contribution in [0.1, 0.15) is 40.0 Å². The molecule has 0 aromatic heterocycles. The number of fused-ring (bicyclic) bond motifs is 5. The molecule has 4 aliphatic carbocycles. The van der Waals surface area contributed by atoms with Crippen LogP contribution in [-0.2, 0) is 9.59 Å². The van der Waals surface area contributed by atoms with E-state index in [1.807, 2.05) is 13.0 Å². The van der Waals surface area contributed by atoms with Crippen LogP contribution in [0, 0.1) is 34.5 Å². The third kappa shape index (κ3) is 2.31. The standard InChI is InChI=1S/C22H29ClO5/c1-11-6-13-15-8-17(26)22(28,18(27)10-23)21(15,3)9-16(25)19(13)20(2)5-4-12(24)7-14(11)20/h4-5,7,11,13,15-17,19,25-26,28H,6,8-10H2,1-3H3/t11?,13-,15-,16?,17?,19+,20-,21-,22-/m0/s1. The molecule has 0 aliphatic heterocycles. The highest BCUT2D eigenvalue weighted by atomic mass is 35.5. The van der Waals surface area contributed by atoms with Gasteiger partial charge in [-0.1, -0.05) is 32.4 Å². The van der Waals surface area contributed by atoms with Crippen LogP contribution < -0.4 is 0 Å². The number of aliphatic hydroxyl groups excluding tert-OH is 2. The molecule has 0 heterocycles. The maximum Gasteiger partial charge on any atom is 0.182 e. The van der Waals surface area contributed by atoms with Crippen LogP contribution in [0.3, 0.4) is 0 Å². The largest absolute Gasteiger partial charge is 0.393 e. The molecule has 9 atom stereocenters. The number of hydrogen-bond acceptors (Lipinski definition) is 5. The van der Waals surface area contributed by atoms with Gasteiger partial charge in [-0.05, 0) is 49.2 Å². The Balaban J connectivity index is 1.81. The lowest BCUT2D eigenvalue weighted by Gasteiger charge is -2.60. The van der Waals surface area contributed by atoms with Crippen LogP contribution >= 0.6 is 11.6 Å². The Labute approximate surface area is 170 Å². The monoisotopic (exact) mass is 408 g/mol. The molecule has 0 bridgehead atoms. The lowest BCUT2D eigenvalue weighted by atomic mass is 9.45. The number of ketones is 2. The summed E-state index contributed by atoms with van der Waals surface area (Å²) in [5.41, 5.74) is -2.28. The van der Waals surface area contributed by atoms with E-state index in [-0.39, 0.29) is 41.8 Å². The second kappa shape index (κ2) is 6.24. The lowest BCUT2D eigenvalue weighted by molar-refractivity contribution is -0.188. The minimum Gasteiger partial charge on any atom is -0.393 e. The smallest absolute Gasteiger partial charge is 0.182 e. The van der Waals surface area contributed by atoms with Gasteiger partial charge in [0.05, 0.1) is 18.1 Å². The summed E-state index contributed by atoms with van der Waals surface area (Å²) in [7, 11) is 0. The van der Waals surface area contributed by atoms with E-state index in [0.29, 0.717) is 6.42 Å². The SMILES string of the molecule is CC1C[C@@H]2[C@H](C(O)C[C@@]3(C)[C@H]2CC(O)[C@]3(O)C(=O)CCl)[C@@]2(C)C=CC(=O)C=C12. The zero-order valence-corrected chi connectivity index (χ0v) is 17.3. The van der Waals surface area contributed by atoms with Crippen molar-refractivity contribution in [3.63, 3.8) is 0 Å². The summed E-state index contributed by atoms with van der Waals surface area (Å²) in [6.07, 6.45) is 4.54. The van der Waals surface area contributed by atoms with Crippen molar-refractivity contribution >= 4 is 23.2 Å². The molecule has 28 heavy (non-hydrogen) atoms. The first kappa shape index (κ1) is 20.3. The molecule has 0 saturated heterocycles. The van der Waals surface area contributed by atoms with Gasteiger partial charge in [0.15, 0.2) is 17.2 Å². The second-order valence-electron chi connectivity index (χ2n) is 9.81. The molecule has 0 amide bonds. The summed E-state index contributed by atoms with van der Waals surface area (Å²) in [6, 6.07) is 0. The molecule has 3 N–H and O–H groups in total. The number of halogens is 1. The summed E-state index contributed by atoms with van der Waals surface area (Å²) >= 11 is 5.77. The third-order valence-electron chi connectivity index (χ3n) is 8.58. The van der Waals surface area contributed by atoms with Crippen LogP contribution in [0.25, 0.3) is 0 Å². The van der Waals surface area contributed by atoms with E-state index in [9.17, 15) is 24.9 Å². The van der Waals surface area contributed by atoms with Gasteiger partial charge in [-0.3, -0.25) is 9.59 Å². The van der Waals surface area contributed by atoms with Crippen molar-refractivity contribution in [2.24, 2.45) is 34.5 Å². The van der Waals surface area contributed by atoms with Crippen LogP contribution in [-0.4, -0.2) is 50.6 Å². The molecule has 4 aliphatic rings. The number of rotatable bonds is 2. The maximum atomic E-state index is 12.6. The van der Waals surface area contributed by atoms with Crippen molar-refractivity contribution in [1.82, 2.24) is 0 Å². The van der Waals surface area contributed by atoms with Crippen molar-refractivity contribution in [1.29, 1.82) is 0 Å². The molecule has 6 heteroatoms. The normalized spacial score (nSPS) is 52.5. The van der Waals surface area contributed by atoms with Gasteiger partial charge in [0, 0.05) is 16.7 Å². The van der Waals surface area contributed by atoms with Gasteiger partial charge in [0.1, 0.15) is 0 Å². The van der Waals surface area contributed by atoms with Crippen molar-refractivity contribution in [3.05, 3.63) is 23.8 Å². The van der Waals surface area contributed by atoms with Gasteiger partial charge in [-0.25, -0.2) is 0 Å². The Bertz CT molecular complexity index is 790. The van der Waals surface area contributed by atoms with Gasteiger partial charge in [0.25, 0.3) is 0 Å². The first-order valence-corrected chi connectivity index (χ1v) is 10.7. The molecule has 4 rings (SSSR count). The van der Waals surface area contributed by atoms with Gasteiger partial charge in [-0.2, -0.15) is 0 Å². The second-order valence-corrected chi connectivity index (χ2v) is 10.1. The number of carbonyl (C=O) groups excluding carboxylic acids is 2. The summed E-state index contributed by atoms with van der Waals surface area (Å²) in [5, 5.41) is 33.3. The highest BCUT2D eigenvalue weighted by molar-refractivity contribution is 6.29.